The molecule has 1 aromatic rings. The Labute approximate surface area is 189 Å². The third kappa shape index (κ3) is 5.22. The second-order valence-corrected chi connectivity index (χ2v) is 9.37. The minimum Gasteiger partial charge on any atom is -0.371 e. The van der Waals surface area contributed by atoms with E-state index in [0.29, 0.717) is 44.1 Å². The molecular formula is C24H34N4O4. The van der Waals surface area contributed by atoms with Crippen LogP contribution in [0.25, 0.3) is 0 Å². The molecule has 1 aromatic carbocycles. The second-order valence-electron chi connectivity index (χ2n) is 9.37. The van der Waals surface area contributed by atoms with Crippen molar-refractivity contribution in [2.45, 2.75) is 57.8 Å². The summed E-state index contributed by atoms with van der Waals surface area (Å²) in [6.07, 6.45) is 9.94. The monoisotopic (exact) mass is 442 g/mol. The molecule has 3 aliphatic rings. The number of anilines is 1. The van der Waals surface area contributed by atoms with E-state index in [2.05, 4.69) is 4.90 Å². The Kier molecular flexibility index (Phi) is 7.27. The highest BCUT2D eigenvalue weighted by Gasteiger charge is 2.29. The number of rotatable bonds is 6. The second kappa shape index (κ2) is 10.3. The first kappa shape index (κ1) is 22.6. The molecule has 4 rings (SSSR count). The number of hydrogen-bond acceptors (Lipinski definition) is 5. The van der Waals surface area contributed by atoms with Crippen LogP contribution in [0.3, 0.4) is 0 Å². The van der Waals surface area contributed by atoms with Crippen molar-refractivity contribution in [2.24, 2.45) is 5.92 Å². The number of benzene rings is 1. The van der Waals surface area contributed by atoms with Gasteiger partial charge in [0.25, 0.3) is 11.6 Å². The predicted octanol–water partition coefficient (Wildman–Crippen LogP) is 3.84. The van der Waals surface area contributed by atoms with Crippen molar-refractivity contribution in [2.75, 3.05) is 44.2 Å². The molecule has 2 saturated heterocycles. The maximum atomic E-state index is 13.4. The first-order valence-corrected chi connectivity index (χ1v) is 12.1. The lowest BCUT2D eigenvalue weighted by Crippen LogP contribution is -2.50. The lowest BCUT2D eigenvalue weighted by molar-refractivity contribution is -0.384. The summed E-state index contributed by atoms with van der Waals surface area (Å²) in [5, 5.41) is 11.3. The van der Waals surface area contributed by atoms with Gasteiger partial charge in [-0.05, 0) is 37.7 Å². The van der Waals surface area contributed by atoms with Crippen LogP contribution < -0.4 is 4.90 Å². The zero-order valence-corrected chi connectivity index (χ0v) is 18.8. The van der Waals surface area contributed by atoms with E-state index in [4.69, 9.17) is 0 Å². The molecule has 0 aromatic heterocycles. The van der Waals surface area contributed by atoms with Crippen LogP contribution in [-0.4, -0.2) is 65.8 Å². The molecule has 0 atom stereocenters. The summed E-state index contributed by atoms with van der Waals surface area (Å²) in [5.41, 5.74) is 1.13. The summed E-state index contributed by atoms with van der Waals surface area (Å²) < 4.78 is 0. The fraction of sp³-hybridized carbons (Fsp3) is 0.667. The Morgan fingerprint density at radius 2 is 1.56 bits per heavy atom. The van der Waals surface area contributed by atoms with Crippen LogP contribution >= 0.6 is 0 Å². The van der Waals surface area contributed by atoms with Crippen molar-refractivity contribution in [3.63, 3.8) is 0 Å². The number of nitro groups is 1. The summed E-state index contributed by atoms with van der Waals surface area (Å²) in [5.74, 6) is 0.713. The zero-order chi connectivity index (χ0) is 22.5. The van der Waals surface area contributed by atoms with Gasteiger partial charge in [-0.3, -0.25) is 19.7 Å². The van der Waals surface area contributed by atoms with Crippen molar-refractivity contribution >= 4 is 23.2 Å². The molecule has 0 radical (unpaired) electrons. The number of nitrogens with zero attached hydrogens (tertiary/aromatic N) is 4. The Bertz CT molecular complexity index is 838. The molecule has 174 valence electrons. The Morgan fingerprint density at radius 1 is 0.906 bits per heavy atom. The van der Waals surface area contributed by atoms with Gasteiger partial charge in [-0.25, -0.2) is 0 Å². The average molecular weight is 443 g/mol. The van der Waals surface area contributed by atoms with Crippen molar-refractivity contribution < 1.29 is 14.5 Å². The number of piperidine rings is 1. The fourth-order valence-electron chi connectivity index (χ4n) is 5.33. The summed E-state index contributed by atoms with van der Waals surface area (Å²) in [7, 11) is 0. The molecule has 3 fully saturated rings. The predicted molar refractivity (Wildman–Crippen MR) is 123 cm³/mol. The van der Waals surface area contributed by atoms with Gasteiger partial charge >= 0.3 is 0 Å². The highest BCUT2D eigenvalue weighted by Crippen LogP contribution is 2.30. The van der Waals surface area contributed by atoms with E-state index in [1.54, 1.807) is 11.0 Å². The molecule has 0 spiro atoms. The van der Waals surface area contributed by atoms with Gasteiger partial charge in [-0.2, -0.15) is 0 Å². The average Bonchev–Trinajstić information content (AvgIpc) is 3.36. The van der Waals surface area contributed by atoms with E-state index in [1.807, 2.05) is 4.90 Å². The van der Waals surface area contributed by atoms with Crippen molar-refractivity contribution in [1.82, 2.24) is 9.80 Å². The molecule has 1 aliphatic carbocycles. The first-order valence-electron chi connectivity index (χ1n) is 12.1. The normalized spacial score (nSPS) is 19.9. The Balaban J connectivity index is 1.40. The molecule has 8 nitrogen and oxygen atoms in total. The smallest absolute Gasteiger partial charge is 0.270 e. The maximum absolute atomic E-state index is 13.4. The topological polar surface area (TPSA) is 87.0 Å². The molecule has 2 heterocycles. The third-order valence-corrected chi connectivity index (χ3v) is 7.28. The van der Waals surface area contributed by atoms with Gasteiger partial charge in [0.15, 0.2) is 0 Å². The van der Waals surface area contributed by atoms with Gasteiger partial charge in [0.1, 0.15) is 0 Å². The SMILES string of the molecule is O=C(CCC1CCCC1)N1CCN(C(=O)c2cc([N+](=O)[O-])ccc2N2CCCCC2)CC1. The summed E-state index contributed by atoms with van der Waals surface area (Å²) in [6, 6.07) is 4.63. The number of hydrogen-bond donors (Lipinski definition) is 0. The number of piperazine rings is 1. The molecule has 32 heavy (non-hydrogen) atoms. The van der Waals surface area contributed by atoms with Gasteiger partial charge in [0.2, 0.25) is 5.91 Å². The van der Waals surface area contributed by atoms with Crippen molar-refractivity contribution in [3.05, 3.63) is 33.9 Å². The van der Waals surface area contributed by atoms with Crippen LogP contribution in [0, 0.1) is 16.0 Å². The molecule has 0 unspecified atom stereocenters. The van der Waals surface area contributed by atoms with Crippen LogP contribution in [0.5, 0.6) is 0 Å². The molecule has 2 aliphatic heterocycles. The number of nitro benzene ring substituents is 1. The Morgan fingerprint density at radius 3 is 2.22 bits per heavy atom. The minimum atomic E-state index is -0.447. The van der Waals surface area contributed by atoms with E-state index in [9.17, 15) is 19.7 Å². The minimum absolute atomic E-state index is 0.0603. The molecule has 2 amide bonds. The lowest BCUT2D eigenvalue weighted by atomic mass is 10.0. The molecule has 8 heteroatoms. The van der Waals surface area contributed by atoms with E-state index < -0.39 is 4.92 Å². The number of carbonyl (C=O) groups excluding carboxylic acids is 2. The van der Waals surface area contributed by atoms with Crippen LogP contribution in [-0.2, 0) is 4.79 Å². The van der Waals surface area contributed by atoms with Gasteiger partial charge < -0.3 is 14.7 Å². The highest BCUT2D eigenvalue weighted by atomic mass is 16.6. The van der Waals surface area contributed by atoms with Crippen LogP contribution in [0.2, 0.25) is 0 Å². The van der Waals surface area contributed by atoms with Crippen molar-refractivity contribution in [1.29, 1.82) is 0 Å². The van der Waals surface area contributed by atoms with Crippen molar-refractivity contribution in [3.8, 4) is 0 Å². The van der Waals surface area contributed by atoms with E-state index >= 15 is 0 Å². The van der Waals surface area contributed by atoms with Gasteiger partial charge in [0, 0.05) is 57.8 Å². The molecular weight excluding hydrogens is 408 g/mol. The Hall–Kier alpha value is -2.64. The summed E-state index contributed by atoms with van der Waals surface area (Å²) in [6.45, 7) is 3.72. The zero-order valence-electron chi connectivity index (χ0n) is 18.8. The lowest BCUT2D eigenvalue weighted by Gasteiger charge is -2.36. The van der Waals surface area contributed by atoms with Gasteiger partial charge in [0.05, 0.1) is 16.2 Å². The van der Waals surface area contributed by atoms with E-state index in [0.717, 1.165) is 38.0 Å². The van der Waals surface area contributed by atoms with E-state index in [1.165, 1.54) is 44.2 Å². The third-order valence-electron chi connectivity index (χ3n) is 7.28. The first-order chi connectivity index (χ1) is 15.5. The number of amides is 2. The molecule has 1 saturated carbocycles. The largest absolute Gasteiger partial charge is 0.371 e. The standard InChI is InChI=1S/C24H34N4O4/c29-23(11-8-19-6-2-3-7-19)26-14-16-27(17-15-26)24(30)21-18-20(28(31)32)9-10-22(21)25-12-4-1-5-13-25/h9-10,18-19H,1-8,11-17H2. The maximum Gasteiger partial charge on any atom is 0.270 e. The fourth-order valence-corrected chi connectivity index (χ4v) is 5.33. The number of non-ortho nitro benzene ring substituents is 1. The van der Waals surface area contributed by atoms with Gasteiger partial charge in [-0.1, -0.05) is 25.7 Å². The summed E-state index contributed by atoms with van der Waals surface area (Å²) >= 11 is 0. The highest BCUT2D eigenvalue weighted by molar-refractivity contribution is 6.00. The van der Waals surface area contributed by atoms with E-state index in [-0.39, 0.29) is 17.5 Å². The summed E-state index contributed by atoms with van der Waals surface area (Å²) in [4.78, 5) is 42.7. The van der Waals surface area contributed by atoms with Crippen LogP contribution in [0.1, 0.15) is 68.1 Å². The quantitative estimate of drug-likeness (QED) is 0.493. The van der Waals surface area contributed by atoms with Crippen LogP contribution in [0.15, 0.2) is 18.2 Å². The van der Waals surface area contributed by atoms with Gasteiger partial charge in [-0.15, -0.1) is 0 Å². The number of carbonyl (C=O) groups is 2. The van der Waals surface area contributed by atoms with Crippen LogP contribution in [0.4, 0.5) is 11.4 Å². The molecule has 0 N–H and O–H groups in total. The molecule has 0 bridgehead atoms.